The van der Waals surface area contributed by atoms with Gasteiger partial charge in [-0.25, -0.2) is 4.79 Å². The van der Waals surface area contributed by atoms with Gasteiger partial charge in [0.15, 0.2) is 0 Å². The quantitative estimate of drug-likeness (QED) is 0.729. The number of carbonyl (C=O) groups is 2. The molecule has 0 aromatic heterocycles. The van der Waals surface area contributed by atoms with Crippen LogP contribution in [0.3, 0.4) is 0 Å². The molecule has 1 aromatic carbocycles. The molecule has 5 heteroatoms. The minimum absolute atomic E-state index is 0.0730. The third-order valence-corrected chi connectivity index (χ3v) is 2.20. The molecule has 0 amide bonds. The van der Waals surface area contributed by atoms with Gasteiger partial charge >= 0.3 is 11.9 Å². The molecule has 17 heavy (non-hydrogen) atoms. The van der Waals surface area contributed by atoms with E-state index < -0.39 is 11.9 Å². The summed E-state index contributed by atoms with van der Waals surface area (Å²) in [5, 5.41) is 8.76. The summed E-state index contributed by atoms with van der Waals surface area (Å²) in [6.45, 7) is 0. The normalized spacial score (nSPS) is 9.24. The number of hydrogen-bond donors (Lipinski definition) is 0. The number of benzene rings is 1. The Morgan fingerprint density at radius 1 is 1.29 bits per heavy atom. The molecule has 0 unspecified atom stereocenters. The zero-order valence-corrected chi connectivity index (χ0v) is 9.52. The first-order chi connectivity index (χ1) is 8.12. The summed E-state index contributed by atoms with van der Waals surface area (Å²) in [5.74, 6) is -1.03. The summed E-state index contributed by atoms with van der Waals surface area (Å²) in [4.78, 5) is 22.6. The number of ether oxygens (including phenoxy) is 2. The summed E-state index contributed by atoms with van der Waals surface area (Å²) in [5.41, 5.74) is 1.05. The van der Waals surface area contributed by atoms with Crippen molar-refractivity contribution in [2.24, 2.45) is 0 Å². The molecule has 0 aliphatic heterocycles. The Morgan fingerprint density at radius 2 is 2.00 bits per heavy atom. The molecule has 1 rings (SSSR count). The molecule has 0 saturated heterocycles. The van der Waals surface area contributed by atoms with Crippen molar-refractivity contribution in [1.29, 1.82) is 5.26 Å². The van der Waals surface area contributed by atoms with Crippen molar-refractivity contribution in [3.63, 3.8) is 0 Å². The summed E-state index contributed by atoms with van der Waals surface area (Å²) in [7, 11) is 2.51. The fourth-order valence-electron chi connectivity index (χ4n) is 1.35. The summed E-state index contributed by atoms with van der Waals surface area (Å²) in [6.07, 6.45) is -0.0730. The highest BCUT2D eigenvalue weighted by Gasteiger charge is 2.15. The van der Waals surface area contributed by atoms with E-state index in [1.165, 1.54) is 32.4 Å². The van der Waals surface area contributed by atoms with E-state index >= 15 is 0 Å². The maximum absolute atomic E-state index is 11.4. The fraction of sp³-hybridized carbons (Fsp3) is 0.250. The SMILES string of the molecule is COC(=O)Cc1cc(C#N)ccc1C(=O)OC. The summed E-state index contributed by atoms with van der Waals surface area (Å²) in [6, 6.07) is 6.37. The Balaban J connectivity index is 3.17. The number of carbonyl (C=O) groups excluding carboxylic acids is 2. The lowest BCUT2D eigenvalue weighted by molar-refractivity contribution is -0.139. The highest BCUT2D eigenvalue weighted by Crippen LogP contribution is 2.14. The predicted molar refractivity (Wildman–Crippen MR) is 58.2 cm³/mol. The van der Waals surface area contributed by atoms with Crippen LogP contribution in [0.25, 0.3) is 0 Å². The van der Waals surface area contributed by atoms with Crippen molar-refractivity contribution in [3.05, 3.63) is 34.9 Å². The molecule has 0 fully saturated rings. The minimum atomic E-state index is -0.548. The smallest absolute Gasteiger partial charge is 0.338 e. The first-order valence-electron chi connectivity index (χ1n) is 4.80. The van der Waals surface area contributed by atoms with Gasteiger partial charge in [0.1, 0.15) is 0 Å². The van der Waals surface area contributed by atoms with Gasteiger partial charge in [-0.2, -0.15) is 5.26 Å². The standard InChI is InChI=1S/C12H11NO4/c1-16-11(14)6-9-5-8(7-13)3-4-10(9)12(15)17-2/h3-5H,6H2,1-2H3. The third-order valence-electron chi connectivity index (χ3n) is 2.20. The van der Waals surface area contributed by atoms with Gasteiger partial charge in [0.2, 0.25) is 0 Å². The lowest BCUT2D eigenvalue weighted by Gasteiger charge is -2.07. The van der Waals surface area contributed by atoms with Crippen molar-refractivity contribution >= 4 is 11.9 Å². The Kier molecular flexibility index (Phi) is 4.23. The largest absolute Gasteiger partial charge is 0.469 e. The van der Waals surface area contributed by atoms with Gasteiger partial charge in [-0.1, -0.05) is 0 Å². The maximum Gasteiger partial charge on any atom is 0.338 e. The molecule has 0 heterocycles. The van der Waals surface area contributed by atoms with Gasteiger partial charge in [0.05, 0.1) is 37.8 Å². The fourth-order valence-corrected chi connectivity index (χ4v) is 1.35. The summed E-state index contributed by atoms with van der Waals surface area (Å²) >= 11 is 0. The second-order valence-corrected chi connectivity index (χ2v) is 3.23. The van der Waals surface area contributed by atoms with Crippen LogP contribution in [0.2, 0.25) is 0 Å². The number of methoxy groups -OCH3 is 2. The average molecular weight is 233 g/mol. The monoisotopic (exact) mass is 233 g/mol. The highest BCUT2D eigenvalue weighted by atomic mass is 16.5. The minimum Gasteiger partial charge on any atom is -0.469 e. The highest BCUT2D eigenvalue weighted by molar-refractivity contribution is 5.92. The number of esters is 2. The van der Waals surface area contributed by atoms with Gasteiger partial charge < -0.3 is 9.47 Å². The van der Waals surface area contributed by atoms with Crippen LogP contribution in [0.15, 0.2) is 18.2 Å². The molecular formula is C12H11NO4. The number of rotatable bonds is 3. The predicted octanol–water partition coefficient (Wildman–Crippen LogP) is 1.06. The van der Waals surface area contributed by atoms with Crippen LogP contribution in [0.1, 0.15) is 21.5 Å². The van der Waals surface area contributed by atoms with E-state index in [0.717, 1.165) is 0 Å². The molecule has 0 saturated carbocycles. The van der Waals surface area contributed by atoms with Crippen molar-refractivity contribution in [1.82, 2.24) is 0 Å². The van der Waals surface area contributed by atoms with Crippen molar-refractivity contribution in [2.75, 3.05) is 14.2 Å². The average Bonchev–Trinajstić information content (AvgIpc) is 2.37. The first kappa shape index (κ1) is 12.7. The van der Waals surface area contributed by atoms with E-state index in [-0.39, 0.29) is 12.0 Å². The molecule has 0 aliphatic carbocycles. The van der Waals surface area contributed by atoms with Gasteiger partial charge in [0, 0.05) is 0 Å². The molecule has 0 radical (unpaired) electrons. The van der Waals surface area contributed by atoms with E-state index in [2.05, 4.69) is 9.47 Å². The Labute approximate surface area is 98.6 Å². The van der Waals surface area contributed by atoms with E-state index in [1.54, 1.807) is 0 Å². The molecule has 5 nitrogen and oxygen atoms in total. The van der Waals surface area contributed by atoms with Crippen molar-refractivity contribution < 1.29 is 19.1 Å². The van der Waals surface area contributed by atoms with Gasteiger partial charge in [-0.3, -0.25) is 4.79 Å². The first-order valence-corrected chi connectivity index (χ1v) is 4.80. The van der Waals surface area contributed by atoms with Crippen molar-refractivity contribution in [3.8, 4) is 6.07 Å². The molecule has 0 aliphatic rings. The molecule has 0 bridgehead atoms. The van der Waals surface area contributed by atoms with Crippen LogP contribution in [-0.4, -0.2) is 26.2 Å². The van der Waals surface area contributed by atoms with Gasteiger partial charge in [0.25, 0.3) is 0 Å². The lowest BCUT2D eigenvalue weighted by atomic mass is 10.0. The Hall–Kier alpha value is -2.35. The van der Waals surface area contributed by atoms with Crippen LogP contribution in [0.5, 0.6) is 0 Å². The van der Waals surface area contributed by atoms with E-state index in [1.807, 2.05) is 6.07 Å². The maximum atomic E-state index is 11.4. The van der Waals surface area contributed by atoms with Crippen LogP contribution in [0.4, 0.5) is 0 Å². The number of nitriles is 1. The van der Waals surface area contributed by atoms with E-state index in [9.17, 15) is 9.59 Å². The molecule has 0 atom stereocenters. The molecule has 0 spiro atoms. The van der Waals surface area contributed by atoms with Gasteiger partial charge in [-0.15, -0.1) is 0 Å². The Morgan fingerprint density at radius 3 is 2.53 bits per heavy atom. The zero-order valence-electron chi connectivity index (χ0n) is 9.52. The molecular weight excluding hydrogens is 222 g/mol. The number of nitrogens with zero attached hydrogens (tertiary/aromatic N) is 1. The topological polar surface area (TPSA) is 76.4 Å². The summed E-state index contributed by atoms with van der Waals surface area (Å²) < 4.78 is 9.11. The molecule has 0 N–H and O–H groups in total. The number of hydrogen-bond acceptors (Lipinski definition) is 5. The van der Waals surface area contributed by atoms with Gasteiger partial charge in [-0.05, 0) is 23.8 Å². The second-order valence-electron chi connectivity index (χ2n) is 3.23. The zero-order chi connectivity index (χ0) is 12.8. The molecule has 1 aromatic rings. The van der Waals surface area contributed by atoms with Crippen LogP contribution < -0.4 is 0 Å². The van der Waals surface area contributed by atoms with Crippen molar-refractivity contribution in [2.45, 2.75) is 6.42 Å². The van der Waals surface area contributed by atoms with Crippen LogP contribution in [0, 0.1) is 11.3 Å². The van der Waals surface area contributed by atoms with E-state index in [4.69, 9.17) is 5.26 Å². The van der Waals surface area contributed by atoms with Crippen LogP contribution >= 0.6 is 0 Å². The third kappa shape index (κ3) is 3.05. The lowest BCUT2D eigenvalue weighted by Crippen LogP contribution is -2.11. The van der Waals surface area contributed by atoms with E-state index in [0.29, 0.717) is 11.1 Å². The van der Waals surface area contributed by atoms with Crippen LogP contribution in [-0.2, 0) is 20.7 Å². The second kappa shape index (κ2) is 5.66. The Bertz CT molecular complexity index is 488. The molecule has 88 valence electrons.